The third-order valence-corrected chi connectivity index (χ3v) is 6.62. The van der Waals surface area contributed by atoms with Crippen LogP contribution in [0.1, 0.15) is 39.7 Å². The van der Waals surface area contributed by atoms with Gasteiger partial charge in [0.25, 0.3) is 5.56 Å². The number of hydrogen-bond donors (Lipinski definition) is 1. The minimum absolute atomic E-state index is 0.272. The number of aromatic amines is 1. The number of amides is 1. The number of carbonyl (C=O) groups is 1. The normalized spacial score (nSPS) is 15.2. The summed E-state index contributed by atoms with van der Waals surface area (Å²) in [6.45, 7) is 6.34. The van der Waals surface area contributed by atoms with Gasteiger partial charge >= 0.3 is 11.8 Å². The number of rotatable bonds is 3. The monoisotopic (exact) mass is 457 g/mol. The van der Waals surface area contributed by atoms with Crippen molar-refractivity contribution >= 4 is 27.6 Å². The Morgan fingerprint density at radius 2 is 1.84 bits per heavy atom. The highest BCUT2D eigenvalue weighted by Crippen LogP contribution is 2.36. The fourth-order valence-corrected chi connectivity index (χ4v) is 5.05. The molecule has 4 rings (SSSR count). The predicted molar refractivity (Wildman–Crippen MR) is 125 cm³/mol. The van der Waals surface area contributed by atoms with Crippen LogP contribution in [0, 0.1) is 0 Å². The van der Waals surface area contributed by atoms with Crippen molar-refractivity contribution in [3.05, 3.63) is 51.2 Å². The quantitative estimate of drug-likeness (QED) is 0.642. The van der Waals surface area contributed by atoms with Crippen LogP contribution in [0.5, 0.6) is 5.75 Å². The molecule has 1 amide bonds. The van der Waals surface area contributed by atoms with Crippen molar-refractivity contribution in [2.24, 2.45) is 0 Å². The van der Waals surface area contributed by atoms with Gasteiger partial charge in [0, 0.05) is 29.6 Å². The van der Waals surface area contributed by atoms with E-state index in [9.17, 15) is 14.4 Å². The predicted octanol–water partition coefficient (Wildman–Crippen LogP) is 4.00. The summed E-state index contributed by atoms with van der Waals surface area (Å²) in [4.78, 5) is 43.7. The van der Waals surface area contributed by atoms with Crippen LogP contribution >= 0.6 is 11.3 Å². The van der Waals surface area contributed by atoms with Crippen LogP contribution in [-0.4, -0.2) is 46.3 Å². The van der Waals surface area contributed by atoms with Crippen LogP contribution in [0.4, 0.5) is 4.79 Å². The van der Waals surface area contributed by atoms with Crippen LogP contribution in [0.2, 0.25) is 0 Å². The zero-order chi connectivity index (χ0) is 23.0. The summed E-state index contributed by atoms with van der Waals surface area (Å²) in [7, 11) is 1.60. The number of H-pyrrole nitrogens is 1. The smallest absolute Gasteiger partial charge is 0.410 e. The number of benzene rings is 1. The summed E-state index contributed by atoms with van der Waals surface area (Å²) in [5.41, 5.74) is 0.0981. The fourth-order valence-electron chi connectivity index (χ4n) is 3.97. The average Bonchev–Trinajstić information content (AvgIpc) is 3.17. The fraction of sp³-hybridized carbons (Fsp3) is 0.435. The Hall–Kier alpha value is -3.07. The minimum atomic E-state index is -0.564. The van der Waals surface area contributed by atoms with E-state index < -0.39 is 11.3 Å². The summed E-state index contributed by atoms with van der Waals surface area (Å²) in [6, 6.07) is 9.11. The summed E-state index contributed by atoms with van der Waals surface area (Å²) >= 11 is 1.34. The molecule has 2 aromatic heterocycles. The Bertz CT molecular complexity index is 1260. The van der Waals surface area contributed by atoms with Crippen LogP contribution < -0.4 is 16.0 Å². The molecule has 0 atom stereocenters. The standard InChI is InChI=1S/C23H27N3O5S/c1-23(2,3)31-22(29)25-11-9-14(10-12-25)26-20(27)19-16(24-21(26)28)13-18(32-19)15-7-5-6-8-17(15)30-4/h5-8,13-14H,9-12H2,1-4H3,(H,24,28). The molecule has 9 heteroatoms. The molecule has 1 aliphatic rings. The number of aromatic nitrogens is 2. The number of para-hydroxylation sites is 1. The molecule has 0 bridgehead atoms. The van der Waals surface area contributed by atoms with Crippen molar-refractivity contribution in [1.29, 1.82) is 0 Å². The van der Waals surface area contributed by atoms with E-state index in [2.05, 4.69) is 4.98 Å². The van der Waals surface area contributed by atoms with Crippen LogP contribution in [0.25, 0.3) is 20.7 Å². The first-order valence-electron chi connectivity index (χ1n) is 10.6. The lowest BCUT2D eigenvalue weighted by Gasteiger charge is -2.33. The maximum atomic E-state index is 13.3. The first kappa shape index (κ1) is 22.1. The first-order chi connectivity index (χ1) is 15.2. The number of likely N-dealkylation sites (tertiary alicyclic amines) is 1. The number of piperidine rings is 1. The van der Waals surface area contributed by atoms with Crippen LogP contribution in [0.15, 0.2) is 39.9 Å². The molecule has 3 aromatic rings. The Balaban J connectivity index is 1.62. The van der Waals surface area contributed by atoms with Gasteiger partial charge in [0.15, 0.2) is 0 Å². The highest BCUT2D eigenvalue weighted by Gasteiger charge is 2.29. The number of carbonyl (C=O) groups excluding carboxylic acids is 1. The summed E-state index contributed by atoms with van der Waals surface area (Å²) < 4.78 is 12.7. The van der Waals surface area contributed by atoms with Gasteiger partial charge in [-0.05, 0) is 51.8 Å². The second-order valence-corrected chi connectivity index (χ2v) is 9.91. The van der Waals surface area contributed by atoms with Gasteiger partial charge in [-0.2, -0.15) is 0 Å². The molecule has 1 N–H and O–H groups in total. The van der Waals surface area contributed by atoms with Crippen molar-refractivity contribution in [3.8, 4) is 16.2 Å². The van der Waals surface area contributed by atoms with E-state index in [4.69, 9.17) is 9.47 Å². The number of nitrogens with zero attached hydrogens (tertiary/aromatic N) is 2. The number of ether oxygens (including phenoxy) is 2. The molecule has 8 nitrogen and oxygen atoms in total. The second kappa shape index (κ2) is 8.46. The molecule has 0 unspecified atom stereocenters. The number of fused-ring (bicyclic) bond motifs is 1. The van der Waals surface area contributed by atoms with E-state index in [0.717, 1.165) is 10.4 Å². The lowest BCUT2D eigenvalue weighted by atomic mass is 10.1. The van der Waals surface area contributed by atoms with Gasteiger partial charge in [0.05, 0.1) is 12.6 Å². The lowest BCUT2D eigenvalue weighted by molar-refractivity contribution is 0.0186. The van der Waals surface area contributed by atoms with Gasteiger partial charge in [-0.3, -0.25) is 9.36 Å². The second-order valence-electron chi connectivity index (χ2n) is 8.86. The third-order valence-electron chi connectivity index (χ3n) is 5.46. The summed E-state index contributed by atoms with van der Waals surface area (Å²) in [5.74, 6) is 0.705. The largest absolute Gasteiger partial charge is 0.496 e. The minimum Gasteiger partial charge on any atom is -0.496 e. The van der Waals surface area contributed by atoms with E-state index in [-0.39, 0.29) is 17.7 Å². The third kappa shape index (κ3) is 4.29. The number of methoxy groups -OCH3 is 1. The number of thiophene rings is 1. The zero-order valence-electron chi connectivity index (χ0n) is 18.6. The molecule has 170 valence electrons. The highest BCUT2D eigenvalue weighted by molar-refractivity contribution is 7.22. The summed E-state index contributed by atoms with van der Waals surface area (Å²) in [5, 5.41) is 0. The van der Waals surface area contributed by atoms with E-state index in [1.165, 1.54) is 15.9 Å². The lowest BCUT2D eigenvalue weighted by Crippen LogP contribution is -2.46. The van der Waals surface area contributed by atoms with Crippen molar-refractivity contribution in [2.75, 3.05) is 20.2 Å². The van der Waals surface area contributed by atoms with Gasteiger partial charge in [0.2, 0.25) is 0 Å². The maximum Gasteiger partial charge on any atom is 0.410 e. The van der Waals surface area contributed by atoms with Gasteiger partial charge in [-0.25, -0.2) is 9.59 Å². The number of nitrogens with one attached hydrogen (secondary N) is 1. The first-order valence-corrected chi connectivity index (χ1v) is 11.4. The van der Waals surface area contributed by atoms with Gasteiger partial charge in [0.1, 0.15) is 16.1 Å². The van der Waals surface area contributed by atoms with Gasteiger partial charge in [-0.15, -0.1) is 11.3 Å². The van der Waals surface area contributed by atoms with E-state index in [0.29, 0.717) is 41.9 Å². The molecule has 1 aliphatic heterocycles. The molecule has 0 spiro atoms. The van der Waals surface area contributed by atoms with Gasteiger partial charge in [-0.1, -0.05) is 12.1 Å². The molecular formula is C23H27N3O5S. The Morgan fingerprint density at radius 3 is 2.50 bits per heavy atom. The summed E-state index contributed by atoms with van der Waals surface area (Å²) in [6.07, 6.45) is 0.657. The molecule has 32 heavy (non-hydrogen) atoms. The zero-order valence-corrected chi connectivity index (χ0v) is 19.5. The van der Waals surface area contributed by atoms with E-state index in [1.54, 1.807) is 12.0 Å². The Morgan fingerprint density at radius 1 is 1.16 bits per heavy atom. The Kier molecular flexibility index (Phi) is 5.85. The average molecular weight is 458 g/mol. The van der Waals surface area contributed by atoms with Crippen molar-refractivity contribution in [3.63, 3.8) is 0 Å². The molecule has 3 heterocycles. The van der Waals surface area contributed by atoms with Crippen molar-refractivity contribution in [2.45, 2.75) is 45.3 Å². The molecule has 0 radical (unpaired) electrons. The maximum absolute atomic E-state index is 13.3. The molecule has 1 aromatic carbocycles. The van der Waals surface area contributed by atoms with E-state index in [1.807, 2.05) is 51.1 Å². The van der Waals surface area contributed by atoms with Gasteiger partial charge < -0.3 is 19.4 Å². The Labute approximate surface area is 189 Å². The molecule has 1 fully saturated rings. The highest BCUT2D eigenvalue weighted by atomic mass is 32.1. The molecular weight excluding hydrogens is 430 g/mol. The van der Waals surface area contributed by atoms with Crippen LogP contribution in [0.3, 0.4) is 0 Å². The molecule has 0 saturated carbocycles. The molecule has 1 saturated heterocycles. The topological polar surface area (TPSA) is 93.6 Å². The SMILES string of the molecule is COc1ccccc1-c1cc2[nH]c(=O)n(C3CCN(C(=O)OC(C)(C)C)CC3)c(=O)c2s1. The number of hydrogen-bond acceptors (Lipinski definition) is 6. The van der Waals surface area contributed by atoms with Crippen LogP contribution in [-0.2, 0) is 4.74 Å². The van der Waals surface area contributed by atoms with Crippen molar-refractivity contribution in [1.82, 2.24) is 14.5 Å². The molecule has 0 aliphatic carbocycles. The van der Waals surface area contributed by atoms with Crippen molar-refractivity contribution < 1.29 is 14.3 Å². The van der Waals surface area contributed by atoms with E-state index >= 15 is 0 Å².